The monoisotopic (exact) mass is 576 g/mol. The molecule has 2 aromatic carbocycles. The number of fused-ring (bicyclic) bond motifs is 3. The van der Waals surface area contributed by atoms with Gasteiger partial charge in [-0.2, -0.15) is 0 Å². The van der Waals surface area contributed by atoms with Gasteiger partial charge < -0.3 is 9.53 Å². The Hall–Kier alpha value is -1.46. The minimum atomic E-state index is -0.0953. The molecule has 0 amide bonds. The quantitative estimate of drug-likeness (QED) is 0.177. The number of ketones is 1. The van der Waals surface area contributed by atoms with Gasteiger partial charge in [-0.3, -0.25) is 4.79 Å². The number of rotatable bonds is 13. The molecule has 1 aliphatic carbocycles. The molecule has 2 aromatic rings. The number of halogens is 2. The molecule has 0 saturated heterocycles. The van der Waals surface area contributed by atoms with E-state index in [-0.39, 0.29) is 17.2 Å². The lowest BCUT2D eigenvalue weighted by molar-refractivity contribution is -0.143. The molecule has 1 aliphatic rings. The first-order valence-electron chi connectivity index (χ1n) is 12.1. The summed E-state index contributed by atoms with van der Waals surface area (Å²) in [5.74, 6) is 0.179. The number of unbranched alkanes of at least 4 members (excludes halogenated alkanes) is 4. The molecule has 5 heteroatoms. The Morgan fingerprint density at radius 1 is 0.788 bits per heavy atom. The Balaban J connectivity index is 1.83. The number of ether oxygens (including phenoxy) is 1. The highest BCUT2D eigenvalue weighted by molar-refractivity contribution is 9.10. The third kappa shape index (κ3) is 6.57. The molecular formula is C28H34Br2O3. The zero-order chi connectivity index (χ0) is 23.8. The number of hydrogen-bond acceptors (Lipinski definition) is 3. The van der Waals surface area contributed by atoms with E-state index in [9.17, 15) is 9.59 Å². The fraction of sp³-hybridized carbons (Fsp3) is 0.500. The summed E-state index contributed by atoms with van der Waals surface area (Å²) in [7, 11) is 0. The van der Waals surface area contributed by atoms with Gasteiger partial charge >= 0.3 is 5.97 Å². The Bertz CT molecular complexity index is 932. The fourth-order valence-corrected chi connectivity index (χ4v) is 5.91. The molecule has 33 heavy (non-hydrogen) atoms. The van der Waals surface area contributed by atoms with Crippen LogP contribution in [0.15, 0.2) is 45.3 Å². The summed E-state index contributed by atoms with van der Waals surface area (Å²) in [5.41, 5.74) is 5.43. The number of esters is 1. The second-order valence-corrected chi connectivity index (χ2v) is 10.9. The Morgan fingerprint density at radius 3 is 1.79 bits per heavy atom. The first-order valence-corrected chi connectivity index (χ1v) is 13.7. The van der Waals surface area contributed by atoms with Crippen LogP contribution in [-0.4, -0.2) is 18.4 Å². The van der Waals surface area contributed by atoms with E-state index >= 15 is 0 Å². The van der Waals surface area contributed by atoms with E-state index in [0.29, 0.717) is 19.4 Å². The number of Topliss-reactive ketones (excluding diaryl/α,β-unsaturated/α-hetero) is 1. The molecule has 0 aliphatic heterocycles. The predicted octanol–water partition coefficient (Wildman–Crippen LogP) is 8.53. The lowest BCUT2D eigenvalue weighted by Gasteiger charge is -2.33. The second kappa shape index (κ2) is 12.3. The molecule has 3 nitrogen and oxygen atoms in total. The molecule has 0 radical (unpaired) electrons. The summed E-state index contributed by atoms with van der Waals surface area (Å²) in [4.78, 5) is 23.1. The van der Waals surface area contributed by atoms with Gasteiger partial charge in [0.1, 0.15) is 5.78 Å². The van der Waals surface area contributed by atoms with Gasteiger partial charge in [0.2, 0.25) is 0 Å². The average Bonchev–Trinajstić information content (AvgIpc) is 3.02. The van der Waals surface area contributed by atoms with Crippen molar-refractivity contribution in [2.45, 2.75) is 83.5 Å². The highest BCUT2D eigenvalue weighted by Gasteiger charge is 2.42. The SMILES string of the molecule is CCOC(=O)CCCCCC1(CCCCCC(C)=O)c2cc(Br)ccc2-c2ccc(Br)cc21. The van der Waals surface area contributed by atoms with E-state index in [1.54, 1.807) is 6.92 Å². The highest BCUT2D eigenvalue weighted by Crippen LogP contribution is 2.55. The zero-order valence-electron chi connectivity index (χ0n) is 19.7. The highest BCUT2D eigenvalue weighted by atomic mass is 79.9. The van der Waals surface area contributed by atoms with Crippen molar-refractivity contribution in [3.05, 3.63) is 56.5 Å². The van der Waals surface area contributed by atoms with Crippen LogP contribution in [0.3, 0.4) is 0 Å². The van der Waals surface area contributed by atoms with Gasteiger partial charge in [-0.05, 0) is 86.1 Å². The van der Waals surface area contributed by atoms with Crippen molar-refractivity contribution in [3.63, 3.8) is 0 Å². The summed E-state index contributed by atoms with van der Waals surface area (Å²) >= 11 is 7.42. The van der Waals surface area contributed by atoms with Gasteiger partial charge in [0.25, 0.3) is 0 Å². The standard InChI is InChI=1S/C28H34Br2O3/c1-3-33-27(32)11-7-5-9-17-28(16-8-4-6-10-20(2)31)25-18-21(29)12-14-23(25)24-15-13-22(30)19-26(24)28/h12-15,18-19H,3-11,16-17H2,1-2H3. The lowest BCUT2D eigenvalue weighted by atomic mass is 9.70. The molecule has 0 aromatic heterocycles. The van der Waals surface area contributed by atoms with Crippen LogP contribution in [0.4, 0.5) is 0 Å². The van der Waals surface area contributed by atoms with E-state index in [4.69, 9.17) is 4.74 Å². The Labute approximate surface area is 214 Å². The summed E-state index contributed by atoms with van der Waals surface area (Å²) in [6, 6.07) is 13.4. The molecule has 0 heterocycles. The third-order valence-electron chi connectivity index (χ3n) is 6.71. The first-order chi connectivity index (χ1) is 15.9. The molecule has 0 unspecified atom stereocenters. The first kappa shape index (κ1) is 26.2. The van der Waals surface area contributed by atoms with Crippen LogP contribution in [0.5, 0.6) is 0 Å². The summed E-state index contributed by atoms with van der Waals surface area (Å²) in [5, 5.41) is 0. The number of hydrogen-bond donors (Lipinski definition) is 0. The van der Waals surface area contributed by atoms with Crippen molar-refractivity contribution in [1.82, 2.24) is 0 Å². The lowest BCUT2D eigenvalue weighted by Crippen LogP contribution is -2.25. The molecule has 0 bridgehead atoms. The number of carbonyl (C=O) groups is 2. The molecule has 0 spiro atoms. The zero-order valence-corrected chi connectivity index (χ0v) is 22.9. The van der Waals surface area contributed by atoms with E-state index < -0.39 is 0 Å². The van der Waals surface area contributed by atoms with Crippen LogP contribution >= 0.6 is 31.9 Å². The normalized spacial score (nSPS) is 13.5. The number of carbonyl (C=O) groups excluding carboxylic acids is 2. The maximum atomic E-state index is 11.7. The van der Waals surface area contributed by atoms with Crippen LogP contribution in [-0.2, 0) is 19.7 Å². The van der Waals surface area contributed by atoms with Gasteiger partial charge in [-0.25, -0.2) is 0 Å². The predicted molar refractivity (Wildman–Crippen MR) is 142 cm³/mol. The molecule has 0 atom stereocenters. The van der Waals surface area contributed by atoms with Crippen LogP contribution in [0.1, 0.15) is 89.2 Å². The largest absolute Gasteiger partial charge is 0.466 e. The third-order valence-corrected chi connectivity index (χ3v) is 7.69. The van der Waals surface area contributed by atoms with Crippen LogP contribution in [0, 0.1) is 0 Å². The van der Waals surface area contributed by atoms with Crippen molar-refractivity contribution in [1.29, 1.82) is 0 Å². The topological polar surface area (TPSA) is 43.4 Å². The van der Waals surface area contributed by atoms with Gasteiger partial charge in [-0.1, -0.05) is 69.7 Å². The van der Waals surface area contributed by atoms with Gasteiger partial charge in [-0.15, -0.1) is 0 Å². The van der Waals surface area contributed by atoms with Crippen LogP contribution in [0.25, 0.3) is 11.1 Å². The number of benzene rings is 2. The van der Waals surface area contributed by atoms with Gasteiger partial charge in [0, 0.05) is 27.2 Å². The summed E-state index contributed by atoms with van der Waals surface area (Å²) < 4.78 is 7.30. The van der Waals surface area contributed by atoms with E-state index in [1.165, 1.54) is 22.3 Å². The van der Waals surface area contributed by atoms with Gasteiger partial charge in [0.15, 0.2) is 0 Å². The second-order valence-electron chi connectivity index (χ2n) is 9.09. The molecule has 178 valence electrons. The van der Waals surface area contributed by atoms with Gasteiger partial charge in [0.05, 0.1) is 6.61 Å². The minimum Gasteiger partial charge on any atom is -0.466 e. The Morgan fingerprint density at radius 2 is 1.30 bits per heavy atom. The molecular weight excluding hydrogens is 544 g/mol. The average molecular weight is 578 g/mol. The van der Waals surface area contributed by atoms with E-state index in [2.05, 4.69) is 68.3 Å². The van der Waals surface area contributed by atoms with Crippen molar-refractivity contribution in [2.24, 2.45) is 0 Å². The van der Waals surface area contributed by atoms with Crippen molar-refractivity contribution < 1.29 is 14.3 Å². The van der Waals surface area contributed by atoms with Crippen molar-refractivity contribution in [3.8, 4) is 11.1 Å². The van der Waals surface area contributed by atoms with E-state index in [0.717, 1.165) is 60.3 Å². The Kier molecular flexibility index (Phi) is 9.75. The van der Waals surface area contributed by atoms with Crippen LogP contribution in [0.2, 0.25) is 0 Å². The maximum Gasteiger partial charge on any atom is 0.305 e. The maximum absolute atomic E-state index is 11.7. The molecule has 0 N–H and O–H groups in total. The molecule has 0 saturated carbocycles. The van der Waals surface area contributed by atoms with Crippen molar-refractivity contribution in [2.75, 3.05) is 6.61 Å². The van der Waals surface area contributed by atoms with Crippen molar-refractivity contribution >= 4 is 43.6 Å². The summed E-state index contributed by atoms with van der Waals surface area (Å²) in [6.45, 7) is 3.97. The van der Waals surface area contributed by atoms with E-state index in [1.807, 2.05) is 6.92 Å². The van der Waals surface area contributed by atoms with Crippen LogP contribution < -0.4 is 0 Å². The molecule has 3 rings (SSSR count). The fourth-order valence-electron chi connectivity index (χ4n) is 5.19. The summed E-state index contributed by atoms with van der Waals surface area (Å²) in [6.07, 6.45) is 9.34. The minimum absolute atomic E-state index is 0.0433. The molecule has 0 fully saturated rings. The smallest absolute Gasteiger partial charge is 0.305 e.